The predicted octanol–water partition coefficient (Wildman–Crippen LogP) is 22.6. The SMILES string of the molecule is CC/C=C\C/C=C\C/C=C\C/C=C\C/C=C\C/C=C\C/C=C\C/C=C\C/C=C\CCCC(=O)OCC(COC(=O)CCCCCCC/C=C\C/C=C\CCCC)OC(=O)CCCCCCC/C=C\C/C=C\C/C=C\C/C=C\C/C=C\CC. The van der Waals surface area contributed by atoms with Crippen molar-refractivity contribution in [2.75, 3.05) is 13.2 Å². The Bertz CT molecular complexity index is 1970. The van der Waals surface area contributed by atoms with E-state index in [9.17, 15) is 14.4 Å². The number of carbonyl (C=O) groups is 3. The van der Waals surface area contributed by atoms with Crippen LogP contribution in [0, 0.1) is 0 Å². The van der Waals surface area contributed by atoms with Gasteiger partial charge < -0.3 is 14.2 Å². The molecule has 0 aromatic rings. The van der Waals surface area contributed by atoms with Crippen LogP contribution in [0.1, 0.15) is 245 Å². The number of allylic oxidation sites excluding steroid dienone is 32. The predicted molar refractivity (Wildman–Crippen MR) is 357 cm³/mol. The van der Waals surface area contributed by atoms with E-state index < -0.39 is 6.10 Å². The highest BCUT2D eigenvalue weighted by atomic mass is 16.6. The van der Waals surface area contributed by atoms with Crippen LogP contribution >= 0.6 is 0 Å². The quantitative estimate of drug-likeness (QED) is 0.0261. The fourth-order valence-corrected chi connectivity index (χ4v) is 8.01. The van der Waals surface area contributed by atoms with E-state index in [-0.39, 0.29) is 44.0 Å². The lowest BCUT2D eigenvalue weighted by Gasteiger charge is -2.18. The number of ether oxygens (including phenoxy) is 3. The maximum absolute atomic E-state index is 12.9. The Balaban J connectivity index is 4.54. The van der Waals surface area contributed by atoms with Gasteiger partial charge in [0.2, 0.25) is 0 Å². The van der Waals surface area contributed by atoms with Gasteiger partial charge in [-0.25, -0.2) is 0 Å². The van der Waals surface area contributed by atoms with E-state index in [1.54, 1.807) is 0 Å². The zero-order valence-corrected chi connectivity index (χ0v) is 52.2. The molecule has 0 fully saturated rings. The van der Waals surface area contributed by atoms with Crippen LogP contribution in [0.15, 0.2) is 194 Å². The lowest BCUT2D eigenvalue weighted by atomic mass is 10.1. The van der Waals surface area contributed by atoms with Crippen molar-refractivity contribution in [1.29, 1.82) is 0 Å². The Kier molecular flexibility index (Phi) is 63.0. The maximum atomic E-state index is 12.9. The minimum absolute atomic E-state index is 0.122. The summed E-state index contributed by atoms with van der Waals surface area (Å²) in [6.07, 6.45) is 103. The van der Waals surface area contributed by atoms with Gasteiger partial charge in [-0.1, -0.05) is 267 Å². The van der Waals surface area contributed by atoms with E-state index in [2.05, 4.69) is 215 Å². The molecule has 1 unspecified atom stereocenters. The summed E-state index contributed by atoms with van der Waals surface area (Å²) in [6.45, 7) is 6.28. The zero-order chi connectivity index (χ0) is 59.2. The van der Waals surface area contributed by atoms with E-state index >= 15 is 0 Å². The van der Waals surface area contributed by atoms with Gasteiger partial charge in [-0.3, -0.25) is 14.4 Å². The molecule has 0 bridgehead atoms. The molecule has 6 nitrogen and oxygen atoms in total. The van der Waals surface area contributed by atoms with Crippen LogP contribution in [0.3, 0.4) is 0 Å². The molecule has 0 aliphatic rings. The van der Waals surface area contributed by atoms with Gasteiger partial charge in [-0.2, -0.15) is 0 Å². The Hall–Kier alpha value is -5.75. The first kappa shape index (κ1) is 76.2. The van der Waals surface area contributed by atoms with Crippen LogP contribution in [0.5, 0.6) is 0 Å². The lowest BCUT2D eigenvalue weighted by molar-refractivity contribution is -0.167. The maximum Gasteiger partial charge on any atom is 0.306 e. The van der Waals surface area contributed by atoms with Crippen molar-refractivity contribution in [2.24, 2.45) is 0 Å². The molecule has 0 rings (SSSR count). The summed E-state index contributed by atoms with van der Waals surface area (Å²) in [6, 6.07) is 0. The van der Waals surface area contributed by atoms with Gasteiger partial charge in [0, 0.05) is 19.3 Å². The van der Waals surface area contributed by atoms with Gasteiger partial charge in [-0.05, 0) is 154 Å². The van der Waals surface area contributed by atoms with Gasteiger partial charge in [0.05, 0.1) is 0 Å². The molecule has 0 amide bonds. The molecular formula is C76H116O6. The fraction of sp³-hybridized carbons (Fsp3) is 0.539. The van der Waals surface area contributed by atoms with Gasteiger partial charge >= 0.3 is 17.9 Å². The highest BCUT2D eigenvalue weighted by Gasteiger charge is 2.19. The van der Waals surface area contributed by atoms with E-state index in [0.717, 1.165) is 180 Å². The van der Waals surface area contributed by atoms with Crippen LogP contribution in [0.25, 0.3) is 0 Å². The number of rotatable bonds is 56. The highest BCUT2D eigenvalue weighted by Crippen LogP contribution is 2.13. The van der Waals surface area contributed by atoms with Crippen molar-refractivity contribution in [2.45, 2.75) is 252 Å². The second-order valence-electron chi connectivity index (χ2n) is 20.5. The van der Waals surface area contributed by atoms with Gasteiger partial charge in [0.15, 0.2) is 6.10 Å². The number of hydrogen-bond donors (Lipinski definition) is 0. The summed E-state index contributed by atoms with van der Waals surface area (Å²) in [7, 11) is 0. The molecule has 0 aromatic carbocycles. The van der Waals surface area contributed by atoms with E-state index in [1.165, 1.54) is 19.3 Å². The van der Waals surface area contributed by atoms with Gasteiger partial charge in [0.25, 0.3) is 0 Å². The van der Waals surface area contributed by atoms with Crippen LogP contribution in [0.4, 0.5) is 0 Å². The van der Waals surface area contributed by atoms with Crippen molar-refractivity contribution >= 4 is 17.9 Å². The third-order valence-corrected chi connectivity index (χ3v) is 12.8. The summed E-state index contributed by atoms with van der Waals surface area (Å²) < 4.78 is 16.8. The van der Waals surface area contributed by atoms with E-state index in [1.807, 2.05) is 0 Å². The molecule has 0 saturated carbocycles. The standard InChI is InChI=1S/C76H116O6/c1-4-7-10-13-16-19-22-25-28-30-32-34-35-36-37-38-39-40-41-43-44-46-48-51-54-57-60-63-66-69-75(78)81-72-73(71-80-74(77)68-65-62-59-56-53-50-27-24-21-18-15-12-9-6-3)82-76(79)70-67-64-61-58-55-52-49-47-45-42-33-31-29-26-23-20-17-14-11-8-5-2/h7-8,10-11,15-20,24-29,32-34,36-37,39-40,42-44,47-49,51,57,60,73H,4-6,9,12-14,21-23,30-31,35,38,41,45-46,50,52-56,58-59,61-72H2,1-3H3/b10-7-,11-8-,18-15-,19-16-,20-17-,27-24-,28-25-,29-26-,34-32-,37-36-,40-39-,42-33-,44-43-,49-47-,51-48-,60-57-. The zero-order valence-electron chi connectivity index (χ0n) is 52.2. The number of unbranched alkanes of at least 4 members (excludes halogenated alkanes) is 13. The van der Waals surface area contributed by atoms with E-state index in [4.69, 9.17) is 14.2 Å². The second-order valence-corrected chi connectivity index (χ2v) is 20.5. The van der Waals surface area contributed by atoms with Crippen molar-refractivity contribution in [3.63, 3.8) is 0 Å². The van der Waals surface area contributed by atoms with Crippen LogP contribution in [-0.2, 0) is 28.6 Å². The number of carbonyl (C=O) groups excluding carboxylic acids is 3. The molecule has 0 N–H and O–H groups in total. The van der Waals surface area contributed by atoms with Crippen molar-refractivity contribution in [3.05, 3.63) is 194 Å². The minimum Gasteiger partial charge on any atom is -0.462 e. The van der Waals surface area contributed by atoms with Gasteiger partial charge in [0.1, 0.15) is 13.2 Å². The van der Waals surface area contributed by atoms with Gasteiger partial charge in [-0.15, -0.1) is 0 Å². The summed E-state index contributed by atoms with van der Waals surface area (Å²) in [4.78, 5) is 38.3. The average Bonchev–Trinajstić information content (AvgIpc) is 3.47. The molecule has 0 saturated heterocycles. The Morgan fingerprint density at radius 2 is 0.488 bits per heavy atom. The summed E-state index contributed by atoms with van der Waals surface area (Å²) in [5.74, 6) is -1.03. The van der Waals surface area contributed by atoms with Crippen molar-refractivity contribution < 1.29 is 28.6 Å². The van der Waals surface area contributed by atoms with Crippen LogP contribution in [0.2, 0.25) is 0 Å². The minimum atomic E-state index is -0.832. The molecule has 0 spiro atoms. The Morgan fingerprint density at radius 3 is 0.793 bits per heavy atom. The monoisotopic (exact) mass is 1120 g/mol. The summed E-state index contributed by atoms with van der Waals surface area (Å²) in [5.41, 5.74) is 0. The molecule has 0 aliphatic carbocycles. The van der Waals surface area contributed by atoms with Crippen LogP contribution < -0.4 is 0 Å². The lowest BCUT2D eigenvalue weighted by Crippen LogP contribution is -2.30. The average molecular weight is 1130 g/mol. The molecule has 0 heterocycles. The third kappa shape index (κ3) is 65.1. The third-order valence-electron chi connectivity index (χ3n) is 12.8. The molecule has 456 valence electrons. The first-order valence-corrected chi connectivity index (χ1v) is 32.4. The molecule has 6 heteroatoms. The summed E-state index contributed by atoms with van der Waals surface area (Å²) in [5, 5.41) is 0. The molecular weight excluding hydrogens is 1010 g/mol. The van der Waals surface area contributed by atoms with Crippen molar-refractivity contribution in [1.82, 2.24) is 0 Å². The van der Waals surface area contributed by atoms with E-state index in [0.29, 0.717) is 12.8 Å². The number of esters is 3. The Labute approximate surface area is 503 Å². The molecule has 0 aliphatic heterocycles. The highest BCUT2D eigenvalue weighted by molar-refractivity contribution is 5.71. The topological polar surface area (TPSA) is 78.9 Å². The number of hydrogen-bond acceptors (Lipinski definition) is 6. The molecule has 0 radical (unpaired) electrons. The second kappa shape index (κ2) is 67.8. The molecule has 1 atom stereocenters. The van der Waals surface area contributed by atoms with Crippen molar-refractivity contribution in [3.8, 4) is 0 Å². The first-order chi connectivity index (χ1) is 40.5. The Morgan fingerprint density at radius 1 is 0.256 bits per heavy atom. The van der Waals surface area contributed by atoms with Crippen LogP contribution in [-0.4, -0.2) is 37.2 Å². The first-order valence-electron chi connectivity index (χ1n) is 32.4. The summed E-state index contributed by atoms with van der Waals surface area (Å²) >= 11 is 0. The molecule has 82 heavy (non-hydrogen) atoms. The normalized spacial score (nSPS) is 13.5. The largest absolute Gasteiger partial charge is 0.462 e. The molecule has 0 aromatic heterocycles. The smallest absolute Gasteiger partial charge is 0.306 e. The fourth-order valence-electron chi connectivity index (χ4n) is 8.01.